The summed E-state index contributed by atoms with van der Waals surface area (Å²) in [6, 6.07) is 4.94. The van der Waals surface area contributed by atoms with E-state index in [2.05, 4.69) is 25.8 Å². The lowest BCUT2D eigenvalue weighted by Crippen LogP contribution is -2.23. The van der Waals surface area contributed by atoms with Gasteiger partial charge < -0.3 is 5.73 Å². The van der Waals surface area contributed by atoms with Crippen LogP contribution in [0.3, 0.4) is 0 Å². The minimum Gasteiger partial charge on any atom is -0.326 e. The molecule has 0 atom stereocenters. The van der Waals surface area contributed by atoms with Crippen molar-refractivity contribution in [3.8, 4) is 0 Å². The predicted octanol–water partition coefficient (Wildman–Crippen LogP) is 1.12. The molecule has 0 aliphatic carbocycles. The summed E-state index contributed by atoms with van der Waals surface area (Å²) in [7, 11) is -1.80. The molecule has 2 rings (SSSR count). The van der Waals surface area contributed by atoms with Crippen molar-refractivity contribution >= 4 is 26.0 Å². The quantitative estimate of drug-likeness (QED) is 0.837. The van der Waals surface area contributed by atoms with Crippen LogP contribution in [0.15, 0.2) is 40.0 Å². The zero-order chi connectivity index (χ0) is 14.8. The third kappa shape index (κ3) is 3.45. The number of aromatic nitrogens is 2. The summed E-state index contributed by atoms with van der Waals surface area (Å²) >= 11 is 3.26. The van der Waals surface area contributed by atoms with E-state index in [4.69, 9.17) is 5.73 Å². The maximum absolute atomic E-state index is 12.2. The van der Waals surface area contributed by atoms with Gasteiger partial charge in [-0.15, -0.1) is 0 Å². The lowest BCUT2D eigenvalue weighted by Gasteiger charge is -2.08. The van der Waals surface area contributed by atoms with Gasteiger partial charge in [0.1, 0.15) is 0 Å². The summed E-state index contributed by atoms with van der Waals surface area (Å²) in [6.07, 6.45) is 3.38. The number of nitrogens with one attached hydrogen (secondary N) is 1. The second-order valence-corrected chi connectivity index (χ2v) is 6.91. The van der Waals surface area contributed by atoms with Crippen molar-refractivity contribution in [2.75, 3.05) is 0 Å². The lowest BCUT2D eigenvalue weighted by atomic mass is 10.2. The third-order valence-corrected chi connectivity index (χ3v) is 5.12. The van der Waals surface area contributed by atoms with Crippen LogP contribution >= 0.6 is 15.9 Å². The van der Waals surface area contributed by atoms with Crippen LogP contribution in [0.5, 0.6) is 0 Å². The van der Waals surface area contributed by atoms with Gasteiger partial charge in [0.2, 0.25) is 10.0 Å². The van der Waals surface area contributed by atoms with E-state index in [1.165, 1.54) is 6.07 Å². The first-order valence-electron chi connectivity index (χ1n) is 5.88. The molecule has 3 N–H and O–H groups in total. The lowest BCUT2D eigenvalue weighted by molar-refractivity contribution is 0.580. The van der Waals surface area contributed by atoms with Crippen LogP contribution < -0.4 is 10.5 Å². The molecule has 6 nitrogen and oxygen atoms in total. The molecule has 0 fully saturated rings. The van der Waals surface area contributed by atoms with Crippen molar-refractivity contribution in [2.24, 2.45) is 12.8 Å². The molecule has 0 radical (unpaired) electrons. The Balaban J connectivity index is 2.18. The summed E-state index contributed by atoms with van der Waals surface area (Å²) in [6.45, 7) is 0.559. The Kier molecular flexibility index (Phi) is 4.59. The smallest absolute Gasteiger partial charge is 0.241 e. The van der Waals surface area contributed by atoms with Crippen LogP contribution in [0, 0.1) is 0 Å². The van der Waals surface area contributed by atoms with Gasteiger partial charge >= 0.3 is 0 Å². The first-order chi connectivity index (χ1) is 9.42. The molecule has 1 heterocycles. The van der Waals surface area contributed by atoms with Gasteiger partial charge in [0.25, 0.3) is 0 Å². The second kappa shape index (κ2) is 6.04. The van der Waals surface area contributed by atoms with Gasteiger partial charge in [-0.1, -0.05) is 6.07 Å². The number of aryl methyl sites for hydroxylation is 1. The van der Waals surface area contributed by atoms with Crippen LogP contribution in [0.2, 0.25) is 0 Å². The molecular weight excluding hydrogens is 344 g/mol. The zero-order valence-electron chi connectivity index (χ0n) is 10.9. The highest BCUT2D eigenvalue weighted by molar-refractivity contribution is 9.10. The molecule has 0 aliphatic heterocycles. The fraction of sp³-hybridized carbons (Fsp3) is 0.250. The molecule has 8 heteroatoms. The molecule has 108 valence electrons. The maximum Gasteiger partial charge on any atom is 0.241 e. The number of sulfonamides is 1. The average Bonchev–Trinajstić information content (AvgIpc) is 2.82. The first kappa shape index (κ1) is 15.2. The van der Waals surface area contributed by atoms with Gasteiger partial charge in [-0.05, 0) is 33.6 Å². The molecule has 0 saturated heterocycles. The van der Waals surface area contributed by atoms with Crippen LogP contribution in [0.4, 0.5) is 0 Å². The van der Waals surface area contributed by atoms with E-state index in [1.54, 1.807) is 36.3 Å². The van der Waals surface area contributed by atoms with Crippen LogP contribution in [-0.4, -0.2) is 18.2 Å². The Hall–Kier alpha value is -1.22. The zero-order valence-corrected chi connectivity index (χ0v) is 13.3. The van der Waals surface area contributed by atoms with Gasteiger partial charge in [0.15, 0.2) is 0 Å². The fourth-order valence-electron chi connectivity index (χ4n) is 1.71. The van der Waals surface area contributed by atoms with Gasteiger partial charge in [-0.2, -0.15) is 5.10 Å². The Morgan fingerprint density at radius 2 is 2.15 bits per heavy atom. The topological polar surface area (TPSA) is 90.0 Å². The van der Waals surface area contributed by atoms with E-state index in [1.807, 2.05) is 0 Å². The number of hydrogen-bond acceptors (Lipinski definition) is 4. The summed E-state index contributed by atoms with van der Waals surface area (Å²) in [4.78, 5) is 0.193. The predicted molar refractivity (Wildman–Crippen MR) is 79.3 cm³/mol. The number of benzene rings is 1. The van der Waals surface area contributed by atoms with Crippen LogP contribution in [0.25, 0.3) is 0 Å². The molecule has 0 amide bonds. The number of halogens is 1. The molecule has 0 bridgehead atoms. The minimum absolute atomic E-state index is 0.193. The molecule has 1 aromatic carbocycles. The Labute approximate surface area is 126 Å². The van der Waals surface area contributed by atoms with Gasteiger partial charge in [-0.3, -0.25) is 4.68 Å². The summed E-state index contributed by atoms with van der Waals surface area (Å²) in [5.41, 5.74) is 7.18. The van der Waals surface area contributed by atoms with E-state index < -0.39 is 10.0 Å². The first-order valence-corrected chi connectivity index (χ1v) is 8.15. The molecule has 1 aromatic heterocycles. The van der Waals surface area contributed by atoms with E-state index in [9.17, 15) is 8.42 Å². The maximum atomic E-state index is 12.2. The average molecular weight is 359 g/mol. The second-order valence-electron chi connectivity index (χ2n) is 4.32. The number of nitrogens with two attached hydrogens (primary N) is 1. The Morgan fingerprint density at radius 1 is 1.40 bits per heavy atom. The van der Waals surface area contributed by atoms with Crippen molar-refractivity contribution < 1.29 is 8.42 Å². The Bertz CT molecular complexity index is 712. The minimum atomic E-state index is -3.58. The van der Waals surface area contributed by atoms with E-state index >= 15 is 0 Å². The van der Waals surface area contributed by atoms with Gasteiger partial charge in [-0.25, -0.2) is 13.1 Å². The van der Waals surface area contributed by atoms with Crippen molar-refractivity contribution in [1.29, 1.82) is 0 Å². The summed E-state index contributed by atoms with van der Waals surface area (Å²) in [5, 5.41) is 3.99. The molecule has 0 saturated carbocycles. The normalized spacial score (nSPS) is 11.8. The standard InChI is InChI=1S/C12H15BrN4O2S/c1-17-8-10(6-15-17)7-16-20(18,19)12-3-2-9(5-14)4-11(12)13/h2-4,6,8,16H,5,7,14H2,1H3. The monoisotopic (exact) mass is 358 g/mol. The van der Waals surface area contributed by atoms with E-state index in [0.29, 0.717) is 11.0 Å². The van der Waals surface area contributed by atoms with Gasteiger partial charge in [0.05, 0.1) is 11.1 Å². The van der Waals surface area contributed by atoms with Crippen molar-refractivity contribution in [3.05, 3.63) is 46.2 Å². The summed E-state index contributed by atoms with van der Waals surface area (Å²) < 4.78 is 29.1. The molecule has 20 heavy (non-hydrogen) atoms. The van der Waals surface area contributed by atoms with Gasteiger partial charge in [0, 0.05) is 36.4 Å². The Morgan fingerprint density at radius 3 is 2.70 bits per heavy atom. The molecular formula is C12H15BrN4O2S. The highest BCUT2D eigenvalue weighted by Crippen LogP contribution is 2.23. The molecule has 0 spiro atoms. The number of nitrogens with zero attached hydrogens (tertiary/aromatic N) is 2. The fourth-order valence-corrected chi connectivity index (χ4v) is 3.85. The molecule has 0 aliphatic rings. The molecule has 0 unspecified atom stereocenters. The van der Waals surface area contributed by atoms with Crippen LogP contribution in [-0.2, 0) is 30.2 Å². The van der Waals surface area contributed by atoms with E-state index in [0.717, 1.165) is 11.1 Å². The van der Waals surface area contributed by atoms with Crippen molar-refractivity contribution in [3.63, 3.8) is 0 Å². The SMILES string of the molecule is Cn1cc(CNS(=O)(=O)c2ccc(CN)cc2Br)cn1. The van der Waals surface area contributed by atoms with Crippen molar-refractivity contribution in [1.82, 2.24) is 14.5 Å². The van der Waals surface area contributed by atoms with Crippen molar-refractivity contribution in [2.45, 2.75) is 18.0 Å². The molecule has 2 aromatic rings. The number of rotatable bonds is 5. The number of hydrogen-bond donors (Lipinski definition) is 2. The van der Waals surface area contributed by atoms with E-state index in [-0.39, 0.29) is 11.4 Å². The highest BCUT2D eigenvalue weighted by atomic mass is 79.9. The third-order valence-electron chi connectivity index (χ3n) is 2.75. The summed E-state index contributed by atoms with van der Waals surface area (Å²) in [5.74, 6) is 0. The van der Waals surface area contributed by atoms with Crippen LogP contribution in [0.1, 0.15) is 11.1 Å². The highest BCUT2D eigenvalue weighted by Gasteiger charge is 2.17. The largest absolute Gasteiger partial charge is 0.326 e.